The molecule has 2 amide bonds. The highest BCUT2D eigenvalue weighted by Crippen LogP contribution is 2.33. The first-order valence-electron chi connectivity index (χ1n) is 11.7. The van der Waals surface area contributed by atoms with Crippen molar-refractivity contribution in [1.82, 2.24) is 10.2 Å². The molecule has 3 N–H and O–H groups in total. The largest absolute Gasteiger partial charge is 0.419 e. The van der Waals surface area contributed by atoms with Crippen LogP contribution in [0.2, 0.25) is 0 Å². The van der Waals surface area contributed by atoms with Crippen molar-refractivity contribution < 1.29 is 23.1 Å². The Hall–Kier alpha value is -2.84. The SMILES string of the molecule is N=C(OC(=N)C(F)F)c1ccc2c(c1)C(=O)N(C1CCCC[C@H]1NC(=O)C1CCCCC1)C2. The molecular weight excluding hydrogens is 430 g/mol. The molecule has 2 aliphatic carbocycles. The van der Waals surface area contributed by atoms with E-state index in [1.807, 2.05) is 0 Å². The molecule has 3 aliphatic rings. The van der Waals surface area contributed by atoms with Crippen LogP contribution in [0, 0.1) is 16.7 Å². The van der Waals surface area contributed by atoms with Crippen molar-refractivity contribution >= 4 is 23.6 Å². The summed E-state index contributed by atoms with van der Waals surface area (Å²) in [7, 11) is 0. The van der Waals surface area contributed by atoms with Crippen LogP contribution in [0.1, 0.15) is 79.3 Å². The topological polar surface area (TPSA) is 106 Å². The minimum Gasteiger partial charge on any atom is -0.419 e. The lowest BCUT2D eigenvalue weighted by Crippen LogP contribution is -2.54. The van der Waals surface area contributed by atoms with Gasteiger partial charge in [-0.1, -0.05) is 38.2 Å². The van der Waals surface area contributed by atoms with Crippen molar-refractivity contribution in [2.45, 2.75) is 82.8 Å². The van der Waals surface area contributed by atoms with Gasteiger partial charge in [0, 0.05) is 29.6 Å². The van der Waals surface area contributed by atoms with E-state index in [4.69, 9.17) is 10.8 Å². The fraction of sp³-hybridized carbons (Fsp3) is 0.583. The monoisotopic (exact) mass is 460 g/mol. The average Bonchev–Trinajstić information content (AvgIpc) is 3.15. The molecule has 1 aromatic rings. The zero-order valence-corrected chi connectivity index (χ0v) is 18.5. The predicted octanol–water partition coefficient (Wildman–Crippen LogP) is 4.23. The van der Waals surface area contributed by atoms with Crippen LogP contribution >= 0.6 is 0 Å². The van der Waals surface area contributed by atoms with Crippen LogP contribution < -0.4 is 5.32 Å². The van der Waals surface area contributed by atoms with Gasteiger partial charge in [0.05, 0.1) is 6.04 Å². The fourth-order valence-electron chi connectivity index (χ4n) is 5.26. The number of hydrogen-bond donors (Lipinski definition) is 3. The van der Waals surface area contributed by atoms with E-state index in [-0.39, 0.29) is 35.4 Å². The van der Waals surface area contributed by atoms with Crippen LogP contribution in [0.4, 0.5) is 8.78 Å². The van der Waals surface area contributed by atoms with Gasteiger partial charge < -0.3 is 15.0 Å². The molecule has 0 radical (unpaired) electrons. The number of alkyl halides is 2. The Labute approximate surface area is 191 Å². The highest BCUT2D eigenvalue weighted by atomic mass is 19.3. The Bertz CT molecular complexity index is 946. The number of hydrogen-bond acceptors (Lipinski definition) is 5. The van der Waals surface area contributed by atoms with Crippen LogP contribution in [0.15, 0.2) is 18.2 Å². The molecule has 2 fully saturated rings. The Balaban J connectivity index is 1.46. The summed E-state index contributed by atoms with van der Waals surface area (Å²) in [6, 6.07) is 4.53. The predicted molar refractivity (Wildman–Crippen MR) is 119 cm³/mol. The molecule has 178 valence electrons. The maximum atomic E-state index is 13.3. The lowest BCUT2D eigenvalue weighted by atomic mass is 9.86. The molecule has 0 saturated heterocycles. The normalized spacial score (nSPS) is 23.4. The molecule has 2 atom stereocenters. The molecule has 0 spiro atoms. The van der Waals surface area contributed by atoms with Gasteiger partial charge in [-0.3, -0.25) is 20.4 Å². The molecule has 1 heterocycles. The Morgan fingerprint density at radius 3 is 2.48 bits per heavy atom. The maximum absolute atomic E-state index is 13.3. The molecule has 1 unspecified atom stereocenters. The van der Waals surface area contributed by atoms with Crippen LogP contribution in [0.25, 0.3) is 0 Å². The van der Waals surface area contributed by atoms with E-state index < -0.39 is 18.2 Å². The number of carbonyl (C=O) groups is 2. The molecule has 7 nitrogen and oxygen atoms in total. The van der Waals surface area contributed by atoms with Crippen molar-refractivity contribution in [2.24, 2.45) is 5.92 Å². The lowest BCUT2D eigenvalue weighted by Gasteiger charge is -2.39. The molecule has 1 aliphatic heterocycles. The first-order chi connectivity index (χ1) is 15.8. The van der Waals surface area contributed by atoms with E-state index in [2.05, 4.69) is 10.1 Å². The number of amides is 2. The third kappa shape index (κ3) is 5.07. The summed E-state index contributed by atoms with van der Waals surface area (Å²) in [4.78, 5) is 27.9. The van der Waals surface area contributed by atoms with Gasteiger partial charge in [-0.25, -0.2) is 0 Å². The lowest BCUT2D eigenvalue weighted by molar-refractivity contribution is -0.127. The van der Waals surface area contributed by atoms with Crippen LogP contribution in [-0.4, -0.2) is 47.0 Å². The molecule has 4 rings (SSSR count). The number of halogens is 2. The zero-order valence-electron chi connectivity index (χ0n) is 18.5. The van der Waals surface area contributed by atoms with E-state index in [1.54, 1.807) is 17.0 Å². The number of fused-ring (bicyclic) bond motifs is 1. The van der Waals surface area contributed by atoms with Crippen molar-refractivity contribution in [2.75, 3.05) is 0 Å². The highest BCUT2D eigenvalue weighted by molar-refractivity contribution is 6.04. The first-order valence-corrected chi connectivity index (χ1v) is 11.7. The van der Waals surface area contributed by atoms with Gasteiger partial charge in [-0.05, 0) is 43.4 Å². The molecule has 0 aromatic heterocycles. The van der Waals surface area contributed by atoms with Gasteiger partial charge in [-0.15, -0.1) is 0 Å². The second kappa shape index (κ2) is 9.97. The van der Waals surface area contributed by atoms with Gasteiger partial charge in [0.25, 0.3) is 11.8 Å². The number of nitrogens with one attached hydrogen (secondary N) is 3. The summed E-state index contributed by atoms with van der Waals surface area (Å²) >= 11 is 0. The second-order valence-electron chi connectivity index (χ2n) is 9.20. The summed E-state index contributed by atoms with van der Waals surface area (Å²) in [6.45, 7) is 0.413. The first kappa shape index (κ1) is 23.3. The minimum atomic E-state index is -3.11. The summed E-state index contributed by atoms with van der Waals surface area (Å²) in [5, 5.41) is 18.2. The van der Waals surface area contributed by atoms with Crippen molar-refractivity contribution in [3.8, 4) is 0 Å². The molecule has 33 heavy (non-hydrogen) atoms. The molecule has 0 bridgehead atoms. The standard InChI is InChI=1S/C24H30F2N4O3/c25-20(26)22(28)33-21(27)15-10-11-16-13-30(24(32)17(16)12-15)19-9-5-4-8-18(19)29-23(31)14-6-2-1-3-7-14/h10-12,14,18-20,27-28H,1-9,13H2,(H,29,31)/t18-,19?/m1/s1. The van der Waals surface area contributed by atoms with E-state index in [9.17, 15) is 18.4 Å². The molecular formula is C24H30F2N4O3. The zero-order chi connectivity index (χ0) is 23.5. The molecule has 1 aromatic carbocycles. The summed E-state index contributed by atoms with van der Waals surface area (Å²) < 4.78 is 29.7. The summed E-state index contributed by atoms with van der Waals surface area (Å²) in [6.07, 6.45) is 5.75. The maximum Gasteiger partial charge on any atom is 0.312 e. The summed E-state index contributed by atoms with van der Waals surface area (Å²) in [5.41, 5.74) is 1.37. The van der Waals surface area contributed by atoms with Crippen molar-refractivity contribution in [3.05, 3.63) is 34.9 Å². The van der Waals surface area contributed by atoms with E-state index in [1.165, 1.54) is 12.5 Å². The van der Waals surface area contributed by atoms with E-state index >= 15 is 0 Å². The van der Waals surface area contributed by atoms with Gasteiger partial charge in [0.15, 0.2) is 0 Å². The number of rotatable bonds is 5. The van der Waals surface area contributed by atoms with Gasteiger partial charge in [0.1, 0.15) is 0 Å². The quantitative estimate of drug-likeness (QED) is 0.452. The third-order valence-corrected chi connectivity index (χ3v) is 7.05. The number of ether oxygens (including phenoxy) is 1. The van der Waals surface area contributed by atoms with E-state index in [0.717, 1.165) is 56.9 Å². The van der Waals surface area contributed by atoms with E-state index in [0.29, 0.717) is 12.1 Å². The number of nitrogens with zero attached hydrogens (tertiary/aromatic N) is 1. The van der Waals surface area contributed by atoms with Crippen molar-refractivity contribution in [3.63, 3.8) is 0 Å². The molecule has 2 saturated carbocycles. The summed E-state index contributed by atoms with van der Waals surface area (Å²) in [5.74, 6) is -1.91. The number of carbonyl (C=O) groups excluding carboxylic acids is 2. The van der Waals surface area contributed by atoms with Crippen LogP contribution in [0.5, 0.6) is 0 Å². The fourth-order valence-corrected chi connectivity index (χ4v) is 5.26. The van der Waals surface area contributed by atoms with Gasteiger partial charge in [0.2, 0.25) is 11.8 Å². The van der Waals surface area contributed by atoms with Gasteiger partial charge in [-0.2, -0.15) is 8.78 Å². The number of benzene rings is 1. The smallest absolute Gasteiger partial charge is 0.312 e. The Morgan fingerprint density at radius 1 is 1.06 bits per heavy atom. The Morgan fingerprint density at radius 2 is 1.76 bits per heavy atom. The third-order valence-electron chi connectivity index (χ3n) is 7.05. The van der Waals surface area contributed by atoms with Crippen LogP contribution in [0.3, 0.4) is 0 Å². The van der Waals surface area contributed by atoms with Crippen LogP contribution in [-0.2, 0) is 16.1 Å². The molecule has 9 heteroatoms. The van der Waals surface area contributed by atoms with Gasteiger partial charge >= 0.3 is 6.43 Å². The average molecular weight is 461 g/mol. The Kier molecular flexibility index (Phi) is 7.05. The van der Waals surface area contributed by atoms with Crippen molar-refractivity contribution in [1.29, 1.82) is 10.8 Å². The second-order valence-corrected chi connectivity index (χ2v) is 9.20. The highest BCUT2D eigenvalue weighted by Gasteiger charge is 2.39. The minimum absolute atomic E-state index is 0.0633.